The number of likely N-dealkylation sites (tertiary alicyclic amines) is 1. The molecule has 0 saturated carbocycles. The summed E-state index contributed by atoms with van der Waals surface area (Å²) in [7, 11) is 2.22. The topological polar surface area (TPSA) is 91.9 Å². The lowest BCUT2D eigenvalue weighted by Crippen LogP contribution is -2.62. The highest BCUT2D eigenvalue weighted by Crippen LogP contribution is 2.62. The summed E-state index contributed by atoms with van der Waals surface area (Å²) in [6.45, 7) is 6.87. The van der Waals surface area contributed by atoms with Crippen molar-refractivity contribution < 1.29 is 19.1 Å². The molecule has 0 radical (unpaired) electrons. The van der Waals surface area contributed by atoms with Crippen molar-refractivity contribution in [2.24, 2.45) is 5.92 Å². The number of benzene rings is 2. The molecule has 1 fully saturated rings. The number of amides is 2. The first-order chi connectivity index (χ1) is 18.7. The van der Waals surface area contributed by atoms with Crippen molar-refractivity contribution in [3.8, 4) is 11.5 Å². The van der Waals surface area contributed by atoms with Crippen LogP contribution in [0.3, 0.4) is 0 Å². The lowest BCUT2D eigenvalue weighted by Gasteiger charge is -2.55. The maximum atomic E-state index is 13.2. The number of hydrogen-bond acceptors (Lipinski definition) is 6. The van der Waals surface area contributed by atoms with E-state index in [9.17, 15) is 9.59 Å². The Labute approximate surface area is 254 Å². The number of hydrogen-bond donors (Lipinski definition) is 3. The largest absolute Gasteiger partial charge is 0.485 e. The highest BCUT2D eigenvalue weighted by molar-refractivity contribution is 5.86. The molecule has 222 valence electrons. The first-order valence-electron chi connectivity index (χ1n) is 13.9. The molecule has 2 heterocycles. The Balaban J connectivity index is 0.00000194. The first kappa shape index (κ1) is 31.2. The van der Waals surface area contributed by atoms with Gasteiger partial charge in [-0.1, -0.05) is 48.6 Å². The summed E-state index contributed by atoms with van der Waals surface area (Å²) in [4.78, 5) is 28.8. The van der Waals surface area contributed by atoms with Crippen molar-refractivity contribution in [2.75, 3.05) is 13.6 Å². The summed E-state index contributed by atoms with van der Waals surface area (Å²) in [5.74, 6) is 1.16. The predicted molar refractivity (Wildman–Crippen MR) is 163 cm³/mol. The van der Waals surface area contributed by atoms with Gasteiger partial charge < -0.3 is 19.7 Å². The van der Waals surface area contributed by atoms with Gasteiger partial charge in [0.1, 0.15) is 12.1 Å². The van der Waals surface area contributed by atoms with Gasteiger partial charge in [0, 0.05) is 41.3 Å². The van der Waals surface area contributed by atoms with Crippen LogP contribution in [0.15, 0.2) is 54.6 Å². The van der Waals surface area contributed by atoms with E-state index in [0.717, 1.165) is 31.4 Å². The molecule has 0 aromatic heterocycles. The molecule has 2 aliphatic heterocycles. The number of rotatable bonds is 6. The van der Waals surface area contributed by atoms with E-state index in [1.54, 1.807) is 0 Å². The minimum absolute atomic E-state index is 0. The molecule has 2 aromatic carbocycles. The number of hydrazine groups is 1. The lowest BCUT2D eigenvalue weighted by molar-refractivity contribution is -0.124. The Bertz CT molecular complexity index is 1320. The van der Waals surface area contributed by atoms with Crippen molar-refractivity contribution in [3.05, 3.63) is 71.3 Å². The molecule has 1 spiro atoms. The van der Waals surface area contributed by atoms with Crippen molar-refractivity contribution in [1.29, 1.82) is 0 Å². The Kier molecular flexibility index (Phi) is 9.00. The lowest BCUT2D eigenvalue weighted by atomic mass is 9.54. The molecule has 2 aromatic rings. The number of halogens is 2. The van der Waals surface area contributed by atoms with Crippen LogP contribution in [0.4, 0.5) is 4.79 Å². The molecule has 8 nitrogen and oxygen atoms in total. The minimum atomic E-state index is -0.828. The fourth-order valence-electron chi connectivity index (χ4n) is 6.95. The van der Waals surface area contributed by atoms with Crippen LogP contribution < -0.4 is 25.6 Å². The van der Waals surface area contributed by atoms with Gasteiger partial charge in [0.05, 0.1) is 0 Å². The summed E-state index contributed by atoms with van der Waals surface area (Å²) in [5, 5.41) is 2.80. The van der Waals surface area contributed by atoms with Gasteiger partial charge in [-0.25, -0.2) is 10.2 Å². The zero-order chi connectivity index (χ0) is 27.4. The van der Waals surface area contributed by atoms with Crippen LogP contribution in [0.25, 0.3) is 0 Å². The Morgan fingerprint density at radius 1 is 1.15 bits per heavy atom. The Hall–Kier alpha value is -2.78. The molecule has 41 heavy (non-hydrogen) atoms. The van der Waals surface area contributed by atoms with Gasteiger partial charge in [-0.2, -0.15) is 0 Å². The summed E-state index contributed by atoms with van der Waals surface area (Å²) >= 11 is 0. The molecule has 1 saturated heterocycles. The number of nitrogens with one attached hydrogen (secondary N) is 3. The average molecular weight is 604 g/mol. The highest BCUT2D eigenvalue weighted by Gasteiger charge is 2.62. The smallest absolute Gasteiger partial charge is 0.413 e. The van der Waals surface area contributed by atoms with E-state index < -0.39 is 12.1 Å². The Morgan fingerprint density at radius 3 is 2.63 bits per heavy atom. The number of ether oxygens (including phenoxy) is 2. The quantitative estimate of drug-likeness (QED) is 0.333. The van der Waals surface area contributed by atoms with Crippen molar-refractivity contribution in [1.82, 2.24) is 21.1 Å². The predicted octanol–water partition coefficient (Wildman–Crippen LogP) is 4.48. The van der Waals surface area contributed by atoms with E-state index in [-0.39, 0.29) is 47.8 Å². The molecule has 3 unspecified atom stereocenters. The van der Waals surface area contributed by atoms with Crippen molar-refractivity contribution in [2.45, 2.75) is 75.6 Å². The van der Waals surface area contributed by atoms with Gasteiger partial charge in [-0.15, -0.1) is 24.8 Å². The first-order valence-corrected chi connectivity index (χ1v) is 13.9. The molecular weight excluding hydrogens is 563 g/mol. The highest BCUT2D eigenvalue weighted by atomic mass is 35.5. The van der Waals surface area contributed by atoms with Gasteiger partial charge in [-0.05, 0) is 64.4 Å². The molecule has 3 N–H and O–H groups in total. The van der Waals surface area contributed by atoms with E-state index in [1.807, 2.05) is 57.2 Å². The normalized spacial score (nSPS) is 25.9. The number of carbonyl (C=O) groups is 2. The van der Waals surface area contributed by atoms with Crippen LogP contribution in [-0.2, 0) is 23.1 Å². The molecular formula is C31H40Cl2N4O4. The fourth-order valence-corrected chi connectivity index (χ4v) is 6.95. The van der Waals surface area contributed by atoms with Crippen LogP contribution in [0.1, 0.15) is 50.3 Å². The third-order valence-electron chi connectivity index (χ3n) is 8.74. The van der Waals surface area contributed by atoms with Gasteiger partial charge in [0.15, 0.2) is 11.5 Å². The third kappa shape index (κ3) is 5.67. The molecule has 6 rings (SSSR count). The van der Waals surface area contributed by atoms with Crippen LogP contribution >= 0.6 is 24.8 Å². The second-order valence-electron chi connectivity index (χ2n) is 12.4. The summed E-state index contributed by atoms with van der Waals surface area (Å²) in [6.07, 6.45) is 7.17. The van der Waals surface area contributed by atoms with Crippen LogP contribution in [0, 0.1) is 5.92 Å². The van der Waals surface area contributed by atoms with E-state index in [2.05, 4.69) is 46.3 Å². The second kappa shape index (κ2) is 11.8. The SMILES string of the molecule is CN1CC[C@]23c4c5ccc(OC(=O)NC(Cc6ccccc6)C(=O)NNC(C)(C)C)c4O[C@H]2CC=CC3C1C5.Cl.Cl. The van der Waals surface area contributed by atoms with Gasteiger partial charge in [0.2, 0.25) is 0 Å². The standard InChI is InChI=1S/C31H38N4O4.2ClH/c1-30(2,3)34-33-28(36)22(17-19-9-6-5-7-10-19)32-29(37)38-24-14-13-20-18-23-21-11-8-12-25-31(21,15-16-35(23)4)26(20)27(24)39-25;;/h5-11,13-14,21-23,25,34H,12,15-18H2,1-4H3,(H,32,37)(H,33,36);2*1H/t21?,22?,23?,25-,31+;;/m0../s1. The van der Waals surface area contributed by atoms with E-state index >= 15 is 0 Å². The van der Waals surface area contributed by atoms with Crippen LogP contribution in [0.5, 0.6) is 11.5 Å². The molecule has 10 heteroatoms. The number of nitrogens with zero attached hydrogens (tertiary/aromatic N) is 1. The zero-order valence-corrected chi connectivity index (χ0v) is 25.6. The van der Waals surface area contributed by atoms with Crippen molar-refractivity contribution >= 4 is 36.8 Å². The third-order valence-corrected chi connectivity index (χ3v) is 8.74. The van der Waals surface area contributed by atoms with Gasteiger partial charge in [0.25, 0.3) is 5.91 Å². The molecule has 5 atom stereocenters. The number of carbonyl (C=O) groups excluding carboxylic acids is 2. The zero-order valence-electron chi connectivity index (χ0n) is 23.9. The monoisotopic (exact) mass is 602 g/mol. The fraction of sp³-hybridized carbons (Fsp3) is 0.484. The average Bonchev–Trinajstić information content (AvgIpc) is 3.25. The van der Waals surface area contributed by atoms with E-state index in [0.29, 0.717) is 29.9 Å². The maximum absolute atomic E-state index is 13.2. The molecule has 2 aliphatic carbocycles. The van der Waals surface area contributed by atoms with Crippen LogP contribution in [-0.4, -0.2) is 54.2 Å². The van der Waals surface area contributed by atoms with Crippen molar-refractivity contribution in [3.63, 3.8) is 0 Å². The van der Waals surface area contributed by atoms with E-state index in [1.165, 1.54) is 11.1 Å². The summed E-state index contributed by atoms with van der Waals surface area (Å²) in [5.41, 5.74) is 8.78. The second-order valence-corrected chi connectivity index (χ2v) is 12.4. The van der Waals surface area contributed by atoms with Crippen LogP contribution in [0.2, 0.25) is 0 Å². The molecule has 4 aliphatic rings. The Morgan fingerprint density at radius 2 is 1.90 bits per heavy atom. The summed E-state index contributed by atoms with van der Waals surface area (Å²) < 4.78 is 12.5. The molecule has 2 amide bonds. The van der Waals surface area contributed by atoms with Gasteiger partial charge in [-0.3, -0.25) is 10.2 Å². The van der Waals surface area contributed by atoms with Gasteiger partial charge >= 0.3 is 6.09 Å². The minimum Gasteiger partial charge on any atom is -0.485 e. The maximum Gasteiger partial charge on any atom is 0.413 e. The molecule has 2 bridgehead atoms. The number of piperidine rings is 1. The summed E-state index contributed by atoms with van der Waals surface area (Å²) in [6, 6.07) is 13.2. The number of likely N-dealkylation sites (N-methyl/N-ethyl adjacent to an activating group) is 1. The van der Waals surface area contributed by atoms with E-state index in [4.69, 9.17) is 9.47 Å².